The van der Waals surface area contributed by atoms with Crippen molar-refractivity contribution in [1.29, 1.82) is 0 Å². The molecule has 178 valence electrons. The Kier molecular flexibility index (Phi) is 8.78. The van der Waals surface area contributed by atoms with E-state index >= 15 is 0 Å². The molecule has 1 aliphatic heterocycles. The Labute approximate surface area is 195 Å². The molecule has 0 spiro atoms. The number of aliphatic hydroxyl groups excluding tert-OH is 1. The van der Waals surface area contributed by atoms with Gasteiger partial charge in [-0.25, -0.2) is 9.18 Å². The Morgan fingerprint density at radius 1 is 1.27 bits per heavy atom. The summed E-state index contributed by atoms with van der Waals surface area (Å²) in [6, 6.07) is 11.5. The number of aliphatic carboxylic acids is 1. The first-order valence-corrected chi connectivity index (χ1v) is 11.5. The molecule has 0 saturated carbocycles. The number of hydrogen-bond acceptors (Lipinski definition) is 4. The van der Waals surface area contributed by atoms with Crippen LogP contribution in [0.15, 0.2) is 42.5 Å². The Bertz CT molecular complexity index is 990. The van der Waals surface area contributed by atoms with Crippen molar-refractivity contribution in [2.45, 2.75) is 58.3 Å². The van der Waals surface area contributed by atoms with Gasteiger partial charge >= 0.3 is 5.97 Å². The average molecular weight is 456 g/mol. The normalized spacial score (nSPS) is 18.6. The van der Waals surface area contributed by atoms with Gasteiger partial charge in [-0.3, -0.25) is 4.90 Å². The van der Waals surface area contributed by atoms with Crippen molar-refractivity contribution in [3.8, 4) is 0 Å². The van der Waals surface area contributed by atoms with Crippen LogP contribution in [0, 0.1) is 19.7 Å². The highest BCUT2D eigenvalue weighted by Gasteiger charge is 2.27. The Balaban J connectivity index is 1.56. The van der Waals surface area contributed by atoms with Crippen molar-refractivity contribution in [2.75, 3.05) is 19.7 Å². The SMILES string of the molecule is Cc1ccc(C[C@@H]2CCCN2C[C@@H](O)CO[C@H](C)c2cccc(C)c2C=CC(=O)O)cc1F. The van der Waals surface area contributed by atoms with E-state index in [1.807, 2.05) is 44.2 Å². The van der Waals surface area contributed by atoms with Gasteiger partial charge in [-0.2, -0.15) is 0 Å². The molecule has 1 fully saturated rings. The molecule has 1 heterocycles. The van der Waals surface area contributed by atoms with E-state index in [0.29, 0.717) is 12.1 Å². The van der Waals surface area contributed by atoms with Crippen LogP contribution in [0.5, 0.6) is 0 Å². The summed E-state index contributed by atoms with van der Waals surface area (Å²) in [7, 11) is 0. The van der Waals surface area contributed by atoms with Gasteiger partial charge in [0.15, 0.2) is 0 Å². The minimum Gasteiger partial charge on any atom is -0.478 e. The van der Waals surface area contributed by atoms with Gasteiger partial charge in [-0.1, -0.05) is 30.3 Å². The first-order valence-electron chi connectivity index (χ1n) is 11.5. The van der Waals surface area contributed by atoms with Gasteiger partial charge in [0.2, 0.25) is 0 Å². The predicted octanol–water partition coefficient (Wildman–Crippen LogP) is 4.69. The van der Waals surface area contributed by atoms with Crippen molar-refractivity contribution in [3.05, 3.63) is 76.1 Å². The van der Waals surface area contributed by atoms with Gasteiger partial charge in [0.25, 0.3) is 0 Å². The zero-order valence-electron chi connectivity index (χ0n) is 19.6. The summed E-state index contributed by atoms with van der Waals surface area (Å²) in [4.78, 5) is 13.2. The zero-order valence-corrected chi connectivity index (χ0v) is 19.6. The lowest BCUT2D eigenvalue weighted by atomic mass is 9.98. The van der Waals surface area contributed by atoms with Gasteiger partial charge in [0.05, 0.1) is 18.8 Å². The third-order valence-corrected chi connectivity index (χ3v) is 6.38. The highest BCUT2D eigenvalue weighted by Crippen LogP contribution is 2.26. The summed E-state index contributed by atoms with van der Waals surface area (Å²) in [6.07, 6.45) is 4.63. The fourth-order valence-corrected chi connectivity index (χ4v) is 4.51. The van der Waals surface area contributed by atoms with Crippen LogP contribution in [-0.4, -0.2) is 52.9 Å². The lowest BCUT2D eigenvalue weighted by molar-refractivity contribution is -0.131. The van der Waals surface area contributed by atoms with Crippen LogP contribution >= 0.6 is 0 Å². The molecule has 0 unspecified atom stereocenters. The average Bonchev–Trinajstić information content (AvgIpc) is 3.19. The standard InChI is InChI=1S/C27H34FNO4/c1-18-6-4-8-25(24(18)11-12-27(31)32)20(3)33-17-23(30)16-29-13-5-7-22(29)14-21-10-9-19(2)26(28)15-21/h4,6,8-12,15,20,22-23,30H,5,7,13-14,16-17H2,1-3H3,(H,31,32)/t20-,22+,23-/m1/s1. The van der Waals surface area contributed by atoms with E-state index in [2.05, 4.69) is 4.90 Å². The van der Waals surface area contributed by atoms with E-state index in [9.17, 15) is 14.3 Å². The maximum Gasteiger partial charge on any atom is 0.328 e. The minimum atomic E-state index is -0.998. The number of aliphatic hydroxyl groups is 1. The molecular formula is C27H34FNO4. The Morgan fingerprint density at radius 2 is 2.06 bits per heavy atom. The third kappa shape index (κ3) is 6.97. The molecule has 2 aromatic rings. The maximum absolute atomic E-state index is 13.9. The van der Waals surface area contributed by atoms with E-state index in [1.165, 1.54) is 0 Å². The monoisotopic (exact) mass is 455 g/mol. The summed E-state index contributed by atoms with van der Waals surface area (Å²) >= 11 is 0. The van der Waals surface area contributed by atoms with E-state index in [4.69, 9.17) is 9.84 Å². The van der Waals surface area contributed by atoms with Crippen LogP contribution < -0.4 is 0 Å². The molecule has 1 aliphatic rings. The molecule has 1 saturated heterocycles. The van der Waals surface area contributed by atoms with Crippen LogP contribution in [0.25, 0.3) is 6.08 Å². The zero-order chi connectivity index (χ0) is 24.0. The van der Waals surface area contributed by atoms with Gasteiger partial charge in [-0.15, -0.1) is 0 Å². The largest absolute Gasteiger partial charge is 0.478 e. The smallest absolute Gasteiger partial charge is 0.328 e. The molecule has 0 aliphatic carbocycles. The van der Waals surface area contributed by atoms with Crippen LogP contribution in [0.4, 0.5) is 4.39 Å². The molecule has 6 heteroatoms. The van der Waals surface area contributed by atoms with Gasteiger partial charge in [0, 0.05) is 18.7 Å². The van der Waals surface area contributed by atoms with Crippen LogP contribution in [0.2, 0.25) is 0 Å². The number of rotatable bonds is 10. The Hall–Kier alpha value is -2.54. The molecule has 0 amide bonds. The number of carbonyl (C=O) groups is 1. The molecule has 3 atom stereocenters. The molecule has 0 radical (unpaired) electrons. The van der Waals surface area contributed by atoms with Crippen molar-refractivity contribution >= 4 is 12.0 Å². The summed E-state index contributed by atoms with van der Waals surface area (Å²) in [6.45, 7) is 7.20. The molecule has 33 heavy (non-hydrogen) atoms. The van der Waals surface area contributed by atoms with Crippen LogP contribution in [0.3, 0.4) is 0 Å². The molecule has 2 N–H and O–H groups in total. The van der Waals surface area contributed by atoms with Gasteiger partial charge in [-0.05, 0) is 86.5 Å². The van der Waals surface area contributed by atoms with Crippen molar-refractivity contribution in [1.82, 2.24) is 4.90 Å². The van der Waals surface area contributed by atoms with Crippen LogP contribution in [-0.2, 0) is 16.0 Å². The summed E-state index contributed by atoms with van der Waals surface area (Å²) in [5.41, 5.74) is 4.31. The quantitative estimate of drug-likeness (QED) is 0.509. The maximum atomic E-state index is 13.9. The van der Waals surface area contributed by atoms with Crippen LogP contribution in [0.1, 0.15) is 53.7 Å². The molecular weight excluding hydrogens is 421 g/mol. The second-order valence-electron chi connectivity index (χ2n) is 8.96. The lowest BCUT2D eigenvalue weighted by Crippen LogP contribution is -2.39. The van der Waals surface area contributed by atoms with Crippen molar-refractivity contribution in [2.24, 2.45) is 0 Å². The number of halogens is 1. The molecule has 0 aromatic heterocycles. The predicted molar refractivity (Wildman–Crippen MR) is 128 cm³/mol. The molecule has 0 bridgehead atoms. The number of ether oxygens (including phenoxy) is 1. The summed E-state index contributed by atoms with van der Waals surface area (Å²) in [5, 5.41) is 19.6. The van der Waals surface area contributed by atoms with Gasteiger partial charge < -0.3 is 14.9 Å². The third-order valence-electron chi connectivity index (χ3n) is 6.38. The number of carboxylic acid groups (broad SMARTS) is 1. The number of likely N-dealkylation sites (tertiary alicyclic amines) is 1. The Morgan fingerprint density at radius 3 is 2.79 bits per heavy atom. The molecule has 2 aromatic carbocycles. The lowest BCUT2D eigenvalue weighted by Gasteiger charge is -2.28. The van der Waals surface area contributed by atoms with E-state index in [1.54, 1.807) is 19.1 Å². The van der Waals surface area contributed by atoms with Crippen molar-refractivity contribution < 1.29 is 24.1 Å². The number of hydrogen-bond donors (Lipinski definition) is 2. The number of nitrogens with zero attached hydrogens (tertiary/aromatic N) is 1. The fourth-order valence-electron chi connectivity index (χ4n) is 4.51. The fraction of sp³-hybridized carbons (Fsp3) is 0.444. The molecule has 3 rings (SSSR count). The second kappa shape index (κ2) is 11.5. The van der Waals surface area contributed by atoms with E-state index < -0.39 is 12.1 Å². The van der Waals surface area contributed by atoms with E-state index in [0.717, 1.165) is 54.1 Å². The highest BCUT2D eigenvalue weighted by atomic mass is 19.1. The summed E-state index contributed by atoms with van der Waals surface area (Å²) < 4.78 is 19.9. The first kappa shape index (κ1) is 25.1. The minimum absolute atomic E-state index is 0.173. The number of β-amino-alcohol motifs (C(OH)–C–C–N with tert-alkyl or cyclic N) is 1. The highest BCUT2D eigenvalue weighted by molar-refractivity contribution is 5.86. The first-order chi connectivity index (χ1) is 15.7. The number of aryl methyl sites for hydroxylation is 2. The van der Waals surface area contributed by atoms with E-state index in [-0.39, 0.29) is 24.6 Å². The summed E-state index contributed by atoms with van der Waals surface area (Å²) in [5.74, 6) is -1.17. The topological polar surface area (TPSA) is 70.0 Å². The molecule has 5 nitrogen and oxygen atoms in total. The van der Waals surface area contributed by atoms with Gasteiger partial charge in [0.1, 0.15) is 5.82 Å². The van der Waals surface area contributed by atoms with Crippen molar-refractivity contribution in [3.63, 3.8) is 0 Å². The number of benzene rings is 2. The number of carboxylic acids is 1. The second-order valence-corrected chi connectivity index (χ2v) is 8.96.